The Labute approximate surface area is 102 Å². The Hall–Kier alpha value is -1.89. The van der Waals surface area contributed by atoms with Crippen molar-refractivity contribution in [1.29, 1.82) is 0 Å². The van der Waals surface area contributed by atoms with Gasteiger partial charge in [0.2, 0.25) is 0 Å². The second-order valence-corrected chi connectivity index (χ2v) is 3.38. The third-order valence-corrected chi connectivity index (χ3v) is 2.35. The van der Waals surface area contributed by atoms with Gasteiger partial charge < -0.3 is 19.7 Å². The molecule has 0 aliphatic heterocycles. The lowest BCUT2D eigenvalue weighted by Crippen LogP contribution is -2.13. The van der Waals surface area contributed by atoms with Crippen LogP contribution in [0.1, 0.15) is 23.7 Å². The summed E-state index contributed by atoms with van der Waals surface area (Å²) in [7, 11) is 2.54. The van der Waals surface area contributed by atoms with E-state index in [4.69, 9.17) is 14.6 Å². The maximum Gasteiger partial charge on any atom is 0.337 e. The highest BCUT2D eigenvalue weighted by molar-refractivity contribution is 5.75. The Morgan fingerprint density at radius 1 is 1.17 bits per heavy atom. The molecule has 0 aliphatic rings. The molecule has 0 saturated carbocycles. The highest BCUT2D eigenvalue weighted by atomic mass is 19.3. The van der Waals surface area contributed by atoms with E-state index >= 15 is 0 Å². The van der Waals surface area contributed by atoms with Gasteiger partial charge in [0, 0.05) is 11.1 Å². The monoisotopic (exact) mass is 262 g/mol. The Balaban J connectivity index is 3.42. The van der Waals surface area contributed by atoms with E-state index in [-0.39, 0.29) is 11.5 Å². The standard InChI is InChI=1S/C11H12F2O5/c1-17-7-3-5(9(14)11(15)16)6(10(12)13)4-8(7)18-2/h3-4,9-10,14H,1-2H3,(H,15,16). The minimum absolute atomic E-state index is 0.0362. The quantitative estimate of drug-likeness (QED) is 0.845. The number of methoxy groups -OCH3 is 2. The van der Waals surface area contributed by atoms with Crippen molar-refractivity contribution >= 4 is 5.97 Å². The maximum atomic E-state index is 12.8. The van der Waals surface area contributed by atoms with Crippen LogP contribution in [0.2, 0.25) is 0 Å². The SMILES string of the molecule is COc1cc(C(F)F)c(C(O)C(=O)O)cc1OC. The molecule has 1 atom stereocenters. The number of carboxylic acid groups (broad SMARTS) is 1. The fraction of sp³-hybridized carbons (Fsp3) is 0.364. The molecule has 1 unspecified atom stereocenters. The minimum atomic E-state index is -2.94. The van der Waals surface area contributed by atoms with Gasteiger partial charge >= 0.3 is 5.97 Å². The van der Waals surface area contributed by atoms with Crippen LogP contribution in [0.3, 0.4) is 0 Å². The molecule has 0 aromatic heterocycles. The molecule has 1 rings (SSSR count). The topological polar surface area (TPSA) is 76.0 Å². The molecule has 0 aliphatic carbocycles. The number of hydrogen-bond donors (Lipinski definition) is 2. The average molecular weight is 262 g/mol. The number of carboxylic acids is 1. The summed E-state index contributed by atoms with van der Waals surface area (Å²) in [6, 6.07) is 1.98. The first-order valence-corrected chi connectivity index (χ1v) is 4.87. The van der Waals surface area contributed by atoms with E-state index in [1.54, 1.807) is 0 Å². The summed E-state index contributed by atoms with van der Waals surface area (Å²) in [6.45, 7) is 0. The Bertz CT molecular complexity index is 447. The van der Waals surface area contributed by atoms with E-state index in [1.807, 2.05) is 0 Å². The van der Waals surface area contributed by atoms with Gasteiger partial charge in [0.05, 0.1) is 14.2 Å². The highest BCUT2D eigenvalue weighted by Gasteiger charge is 2.26. The summed E-state index contributed by atoms with van der Waals surface area (Å²) in [4.78, 5) is 10.7. The van der Waals surface area contributed by atoms with Crippen molar-refractivity contribution in [2.45, 2.75) is 12.5 Å². The molecule has 0 radical (unpaired) electrons. The molecule has 18 heavy (non-hydrogen) atoms. The zero-order valence-corrected chi connectivity index (χ0v) is 9.68. The molecule has 1 aromatic rings. The number of rotatable bonds is 5. The zero-order valence-electron chi connectivity index (χ0n) is 9.68. The molecule has 0 heterocycles. The predicted octanol–water partition coefficient (Wildman–Crippen LogP) is 1.76. The van der Waals surface area contributed by atoms with E-state index in [9.17, 15) is 18.7 Å². The predicted molar refractivity (Wildman–Crippen MR) is 57.1 cm³/mol. The molecule has 0 bridgehead atoms. The van der Waals surface area contributed by atoms with Crippen molar-refractivity contribution in [3.63, 3.8) is 0 Å². The largest absolute Gasteiger partial charge is 0.493 e. The zero-order chi connectivity index (χ0) is 13.9. The van der Waals surface area contributed by atoms with Crippen LogP contribution in [0.25, 0.3) is 0 Å². The van der Waals surface area contributed by atoms with Crippen molar-refractivity contribution in [2.24, 2.45) is 0 Å². The number of aliphatic carboxylic acids is 1. The van der Waals surface area contributed by atoms with E-state index in [0.29, 0.717) is 0 Å². The van der Waals surface area contributed by atoms with Crippen LogP contribution in [0, 0.1) is 0 Å². The number of carbonyl (C=O) groups is 1. The molecular formula is C11H12F2O5. The van der Waals surface area contributed by atoms with Crippen LogP contribution in [0.4, 0.5) is 8.78 Å². The number of aliphatic hydroxyl groups is 1. The van der Waals surface area contributed by atoms with Crippen molar-refractivity contribution in [2.75, 3.05) is 14.2 Å². The number of alkyl halides is 2. The van der Waals surface area contributed by atoms with Gasteiger partial charge in [-0.1, -0.05) is 0 Å². The molecular weight excluding hydrogens is 250 g/mol. The minimum Gasteiger partial charge on any atom is -0.493 e. The first kappa shape index (κ1) is 14.2. The van der Waals surface area contributed by atoms with E-state index in [1.165, 1.54) is 14.2 Å². The molecule has 100 valence electrons. The van der Waals surface area contributed by atoms with E-state index in [2.05, 4.69) is 0 Å². The van der Waals surface area contributed by atoms with Gasteiger partial charge in [-0.2, -0.15) is 0 Å². The molecule has 2 N–H and O–H groups in total. The van der Waals surface area contributed by atoms with Gasteiger partial charge in [0.15, 0.2) is 17.6 Å². The van der Waals surface area contributed by atoms with Crippen LogP contribution in [-0.2, 0) is 4.79 Å². The summed E-state index contributed by atoms with van der Waals surface area (Å²) in [5, 5.41) is 18.0. The fourth-order valence-corrected chi connectivity index (χ4v) is 1.47. The molecule has 0 fully saturated rings. The molecule has 0 saturated heterocycles. The summed E-state index contributed by atoms with van der Waals surface area (Å²) >= 11 is 0. The van der Waals surface area contributed by atoms with Crippen LogP contribution in [0.5, 0.6) is 11.5 Å². The molecule has 0 spiro atoms. The Kier molecular flexibility index (Phi) is 4.43. The van der Waals surface area contributed by atoms with Gasteiger partial charge in [-0.15, -0.1) is 0 Å². The number of aliphatic hydroxyl groups excluding tert-OH is 1. The van der Waals surface area contributed by atoms with Gasteiger partial charge in [-0.25, -0.2) is 13.6 Å². The van der Waals surface area contributed by atoms with Gasteiger partial charge in [-0.05, 0) is 12.1 Å². The molecule has 7 heteroatoms. The number of halogens is 2. The van der Waals surface area contributed by atoms with Gasteiger partial charge in [0.25, 0.3) is 6.43 Å². The lowest BCUT2D eigenvalue weighted by atomic mass is 10.0. The smallest absolute Gasteiger partial charge is 0.337 e. The maximum absolute atomic E-state index is 12.8. The normalized spacial score (nSPS) is 12.3. The van der Waals surface area contributed by atoms with E-state index in [0.717, 1.165) is 12.1 Å². The number of benzene rings is 1. The van der Waals surface area contributed by atoms with Gasteiger partial charge in [0.1, 0.15) is 0 Å². The summed E-state index contributed by atoms with van der Waals surface area (Å²) in [6.07, 6.45) is -4.98. The third kappa shape index (κ3) is 2.67. The van der Waals surface area contributed by atoms with Gasteiger partial charge in [-0.3, -0.25) is 0 Å². The lowest BCUT2D eigenvalue weighted by Gasteiger charge is -2.16. The van der Waals surface area contributed by atoms with Crippen molar-refractivity contribution in [1.82, 2.24) is 0 Å². The Morgan fingerprint density at radius 2 is 1.61 bits per heavy atom. The molecule has 1 aromatic carbocycles. The van der Waals surface area contributed by atoms with Crippen LogP contribution in [0.15, 0.2) is 12.1 Å². The number of ether oxygens (including phenoxy) is 2. The summed E-state index contributed by atoms with van der Waals surface area (Å²) < 4.78 is 35.3. The van der Waals surface area contributed by atoms with Crippen molar-refractivity contribution in [3.05, 3.63) is 23.3 Å². The second-order valence-electron chi connectivity index (χ2n) is 3.38. The first-order chi connectivity index (χ1) is 8.42. The summed E-state index contributed by atoms with van der Waals surface area (Å²) in [5.41, 5.74) is -1.03. The van der Waals surface area contributed by atoms with Crippen LogP contribution < -0.4 is 9.47 Å². The van der Waals surface area contributed by atoms with E-state index < -0.39 is 29.6 Å². The highest BCUT2D eigenvalue weighted by Crippen LogP contribution is 2.37. The second kappa shape index (κ2) is 5.63. The fourth-order valence-electron chi connectivity index (χ4n) is 1.47. The van der Waals surface area contributed by atoms with Crippen LogP contribution in [-0.4, -0.2) is 30.4 Å². The Morgan fingerprint density at radius 3 is 1.94 bits per heavy atom. The van der Waals surface area contributed by atoms with Crippen molar-refractivity contribution < 1.29 is 33.3 Å². The average Bonchev–Trinajstić information content (AvgIpc) is 2.35. The van der Waals surface area contributed by atoms with Crippen molar-refractivity contribution in [3.8, 4) is 11.5 Å². The first-order valence-electron chi connectivity index (χ1n) is 4.87. The molecule has 0 amide bonds. The summed E-state index contributed by atoms with van der Waals surface area (Å²) in [5.74, 6) is -1.52. The molecule has 5 nitrogen and oxygen atoms in total. The third-order valence-electron chi connectivity index (χ3n) is 2.35. The lowest BCUT2D eigenvalue weighted by molar-refractivity contribution is -0.147. The van der Waals surface area contributed by atoms with Crippen LogP contribution >= 0.6 is 0 Å². The number of hydrogen-bond acceptors (Lipinski definition) is 4.